The predicted molar refractivity (Wildman–Crippen MR) is 88.0 cm³/mol. The van der Waals surface area contributed by atoms with Crippen molar-refractivity contribution in [2.75, 3.05) is 19.8 Å². The second-order valence-electron chi connectivity index (χ2n) is 6.60. The van der Waals surface area contributed by atoms with Crippen LogP contribution >= 0.6 is 0 Å². The molecule has 2 aliphatic heterocycles. The number of rotatable bonds is 6. The molecule has 0 radical (unpaired) electrons. The van der Waals surface area contributed by atoms with Crippen molar-refractivity contribution in [3.05, 3.63) is 0 Å². The maximum Gasteiger partial charge on any atom is 0.332 e. The van der Waals surface area contributed by atoms with Gasteiger partial charge in [-0.05, 0) is 6.92 Å². The molecule has 14 nitrogen and oxygen atoms in total. The van der Waals surface area contributed by atoms with E-state index in [1.54, 1.807) is 0 Å². The summed E-state index contributed by atoms with van der Waals surface area (Å²) in [7, 11) is 0. The number of carboxylic acid groups (broad SMARTS) is 1. The summed E-state index contributed by atoms with van der Waals surface area (Å²) in [6.07, 6.45) is -13.4. The fraction of sp³-hybridized carbons (Fsp3) is 0.933. The highest BCUT2D eigenvalue weighted by atomic mass is 16.7. The summed E-state index contributed by atoms with van der Waals surface area (Å²) in [5.74, 6) is -3.55. The van der Waals surface area contributed by atoms with Crippen LogP contribution in [0.4, 0.5) is 0 Å². The van der Waals surface area contributed by atoms with E-state index in [0.29, 0.717) is 0 Å². The first-order valence-corrected chi connectivity index (χ1v) is 8.60. The molecule has 1 unspecified atom stereocenters. The lowest BCUT2D eigenvalue weighted by molar-refractivity contribution is -0.318. The third-order valence-electron chi connectivity index (χ3n) is 4.40. The van der Waals surface area contributed by atoms with Gasteiger partial charge in [-0.2, -0.15) is 0 Å². The summed E-state index contributed by atoms with van der Waals surface area (Å²) in [6, 6.07) is 0. The summed E-state index contributed by atoms with van der Waals surface area (Å²) in [5, 5.41) is 92.3. The molecule has 0 amide bonds. The standard InChI is InChI=1S/C12H22O11.C3H6O3/c13-1-4-6(16)7(17)8(18)11(21-4)22-9-5(2-14)23-12(20,3-15)10(9)19;1-2(4)3(5)6/h4-11,13-20H,1-3H2;2,4H,1H3,(H,5,6)/t4-,5-,6+,7+,8-,9-,10+,11+,12-;/m1./s1. The zero-order chi connectivity index (χ0) is 22.5. The maximum absolute atomic E-state index is 10.00. The zero-order valence-electron chi connectivity index (χ0n) is 15.4. The molecule has 10 N–H and O–H groups in total. The molecule has 0 aromatic carbocycles. The zero-order valence-corrected chi connectivity index (χ0v) is 15.4. The minimum atomic E-state index is -2.37. The average molecular weight is 432 g/mol. The van der Waals surface area contributed by atoms with E-state index in [1.165, 1.54) is 6.92 Å². The fourth-order valence-corrected chi connectivity index (χ4v) is 2.63. The Bertz CT molecular complexity index is 515. The van der Waals surface area contributed by atoms with Crippen molar-refractivity contribution in [3.63, 3.8) is 0 Å². The second-order valence-corrected chi connectivity index (χ2v) is 6.60. The second kappa shape index (κ2) is 10.9. The number of ether oxygens (including phenoxy) is 3. The molecule has 2 aliphatic rings. The Kier molecular flexibility index (Phi) is 9.74. The lowest BCUT2D eigenvalue weighted by Crippen LogP contribution is -2.60. The topological polar surface area (TPSA) is 247 Å². The van der Waals surface area contributed by atoms with Gasteiger partial charge >= 0.3 is 5.97 Å². The van der Waals surface area contributed by atoms with Gasteiger partial charge in [0.15, 0.2) is 6.29 Å². The molecule has 0 aromatic heterocycles. The van der Waals surface area contributed by atoms with Crippen LogP contribution < -0.4 is 0 Å². The van der Waals surface area contributed by atoms with E-state index in [9.17, 15) is 35.4 Å². The highest BCUT2D eigenvalue weighted by molar-refractivity contribution is 5.71. The smallest absolute Gasteiger partial charge is 0.332 e. The predicted octanol–water partition coefficient (Wildman–Crippen LogP) is -5.94. The first kappa shape index (κ1) is 26.0. The van der Waals surface area contributed by atoms with E-state index in [2.05, 4.69) is 0 Å². The molecule has 29 heavy (non-hydrogen) atoms. The number of aliphatic carboxylic acids is 1. The summed E-state index contributed by atoms with van der Waals surface area (Å²) >= 11 is 0. The van der Waals surface area contributed by atoms with E-state index in [1.807, 2.05) is 0 Å². The SMILES string of the molecule is CC(O)C(=O)O.OC[C@H]1O[C@@H](O[C@@H]2[C@@H](CO)O[C@](O)(CO)[C@H]2O)[C@H](O)[C@@H](O)[C@H]1O. The number of aliphatic hydroxyl groups is 9. The summed E-state index contributed by atoms with van der Waals surface area (Å²) < 4.78 is 15.3. The van der Waals surface area contributed by atoms with Crippen molar-refractivity contribution >= 4 is 5.97 Å². The first-order chi connectivity index (χ1) is 13.4. The first-order valence-electron chi connectivity index (χ1n) is 8.60. The van der Waals surface area contributed by atoms with Gasteiger partial charge in [0.1, 0.15) is 48.8 Å². The van der Waals surface area contributed by atoms with Crippen molar-refractivity contribution in [1.82, 2.24) is 0 Å². The number of carboxylic acids is 1. The van der Waals surface area contributed by atoms with E-state index in [0.717, 1.165) is 0 Å². The number of hydrogen-bond acceptors (Lipinski definition) is 13. The van der Waals surface area contributed by atoms with Crippen LogP contribution in [0.3, 0.4) is 0 Å². The van der Waals surface area contributed by atoms with Gasteiger partial charge in [0.05, 0.1) is 19.8 Å². The van der Waals surface area contributed by atoms with Crippen LogP contribution in [0.2, 0.25) is 0 Å². The van der Waals surface area contributed by atoms with E-state index < -0.39 is 86.7 Å². The fourth-order valence-electron chi connectivity index (χ4n) is 2.63. The molecule has 2 heterocycles. The minimum Gasteiger partial charge on any atom is -0.479 e. The van der Waals surface area contributed by atoms with Crippen molar-refractivity contribution in [2.24, 2.45) is 0 Å². The number of aliphatic hydroxyl groups excluding tert-OH is 8. The van der Waals surface area contributed by atoms with Crippen LogP contribution in [0, 0.1) is 0 Å². The normalized spacial score (nSPS) is 43.4. The lowest BCUT2D eigenvalue weighted by atomic mass is 9.99. The largest absolute Gasteiger partial charge is 0.479 e. The Hall–Kier alpha value is -1.01. The minimum absolute atomic E-state index is 0.668. The molecule has 2 saturated heterocycles. The number of carbonyl (C=O) groups is 1. The van der Waals surface area contributed by atoms with Gasteiger partial charge in [-0.3, -0.25) is 0 Å². The van der Waals surface area contributed by atoms with Crippen LogP contribution in [0.25, 0.3) is 0 Å². The number of hydrogen-bond donors (Lipinski definition) is 10. The van der Waals surface area contributed by atoms with E-state index in [4.69, 9.17) is 34.6 Å². The molecule has 0 spiro atoms. The van der Waals surface area contributed by atoms with Crippen molar-refractivity contribution in [3.8, 4) is 0 Å². The molecule has 172 valence electrons. The molecule has 0 bridgehead atoms. The Labute approximate surface area is 164 Å². The molecule has 10 atom stereocenters. The van der Waals surface area contributed by atoms with Crippen LogP contribution in [0.15, 0.2) is 0 Å². The molecule has 2 fully saturated rings. The molecular weight excluding hydrogens is 404 g/mol. The average Bonchev–Trinajstić information content (AvgIpc) is 2.93. The molecule has 0 aliphatic carbocycles. The van der Waals surface area contributed by atoms with E-state index >= 15 is 0 Å². The third kappa shape index (κ3) is 6.00. The van der Waals surface area contributed by atoms with Gasteiger partial charge in [-0.15, -0.1) is 0 Å². The maximum atomic E-state index is 10.00. The van der Waals surface area contributed by atoms with Gasteiger partial charge in [-0.25, -0.2) is 4.79 Å². The van der Waals surface area contributed by atoms with Gasteiger partial charge in [0.25, 0.3) is 0 Å². The Balaban J connectivity index is 0.000000612. The quantitative estimate of drug-likeness (QED) is 0.188. The van der Waals surface area contributed by atoms with E-state index in [-0.39, 0.29) is 0 Å². The van der Waals surface area contributed by atoms with Gasteiger partial charge in [0.2, 0.25) is 5.79 Å². The Morgan fingerprint density at radius 1 is 1.03 bits per heavy atom. The monoisotopic (exact) mass is 432 g/mol. The van der Waals surface area contributed by atoms with Crippen LogP contribution in [-0.4, -0.2) is 138 Å². The highest BCUT2D eigenvalue weighted by Crippen LogP contribution is 2.33. The van der Waals surface area contributed by atoms with Crippen LogP contribution in [-0.2, 0) is 19.0 Å². The van der Waals surface area contributed by atoms with Crippen molar-refractivity contribution < 1.29 is 70.1 Å². The van der Waals surface area contributed by atoms with Crippen LogP contribution in [0.5, 0.6) is 0 Å². The molecule has 14 heteroatoms. The summed E-state index contributed by atoms with van der Waals surface area (Å²) in [4.78, 5) is 9.45. The molecule has 0 aromatic rings. The molecule has 2 rings (SSSR count). The van der Waals surface area contributed by atoms with Crippen molar-refractivity contribution in [1.29, 1.82) is 0 Å². The molecular formula is C15H28O14. The van der Waals surface area contributed by atoms with Gasteiger partial charge in [0, 0.05) is 0 Å². The van der Waals surface area contributed by atoms with Crippen molar-refractivity contribution in [2.45, 2.75) is 67.8 Å². The Morgan fingerprint density at radius 2 is 1.55 bits per heavy atom. The highest BCUT2D eigenvalue weighted by Gasteiger charge is 2.56. The van der Waals surface area contributed by atoms with Crippen LogP contribution in [0.1, 0.15) is 6.92 Å². The van der Waals surface area contributed by atoms with Gasteiger partial charge < -0.3 is 65.3 Å². The Morgan fingerprint density at radius 3 is 1.97 bits per heavy atom. The molecule has 0 saturated carbocycles. The third-order valence-corrected chi connectivity index (χ3v) is 4.40. The summed E-state index contributed by atoms with van der Waals surface area (Å²) in [6.45, 7) is -1.12. The summed E-state index contributed by atoms with van der Waals surface area (Å²) in [5.41, 5.74) is 0. The lowest BCUT2D eigenvalue weighted by Gasteiger charge is -2.41. The van der Waals surface area contributed by atoms with Gasteiger partial charge in [-0.1, -0.05) is 0 Å².